The second kappa shape index (κ2) is 13.6. The molecule has 0 bridgehead atoms. The number of nitrogens with zero attached hydrogens (tertiary/aromatic N) is 2. The molecular weight excluding hydrogens is 506 g/mol. The van der Waals surface area contributed by atoms with Gasteiger partial charge in [-0.2, -0.15) is 0 Å². The molecule has 8 heteroatoms. The molecule has 1 atom stereocenters. The average Bonchev–Trinajstić information content (AvgIpc) is 3.23. The Balaban J connectivity index is 1.54. The molecule has 3 aromatic carbocycles. The van der Waals surface area contributed by atoms with Crippen molar-refractivity contribution >= 4 is 23.6 Å². The molecule has 8 nitrogen and oxygen atoms in total. The van der Waals surface area contributed by atoms with E-state index in [4.69, 9.17) is 4.74 Å². The monoisotopic (exact) mass is 541 g/mol. The van der Waals surface area contributed by atoms with Gasteiger partial charge in [-0.1, -0.05) is 61.5 Å². The molecule has 0 spiro atoms. The third kappa shape index (κ3) is 6.75. The molecule has 1 aliphatic rings. The lowest BCUT2D eigenvalue weighted by Gasteiger charge is -2.32. The molecule has 208 valence electrons. The number of methoxy groups -OCH3 is 1. The van der Waals surface area contributed by atoms with Crippen LogP contribution in [0.25, 0.3) is 0 Å². The van der Waals surface area contributed by atoms with Gasteiger partial charge in [-0.05, 0) is 48.2 Å². The van der Waals surface area contributed by atoms with Gasteiger partial charge in [0.25, 0.3) is 11.8 Å². The van der Waals surface area contributed by atoms with E-state index in [0.29, 0.717) is 29.8 Å². The number of rotatable bonds is 13. The standard InChI is InChI=1S/C32H35N3O5/c1-3-18-33-30(37)28(21-23-11-5-4-6-12-23)35(22-24-13-9-14-25(20-24)40-2)29(36)17-10-19-34-31(38)26-15-7-8-16-27(26)32(34)39/h4-9,11-16,20,28H,3,10,17-19,21-22H2,1-2H3,(H,33,37). The van der Waals surface area contributed by atoms with Gasteiger partial charge in [0.1, 0.15) is 11.8 Å². The van der Waals surface area contributed by atoms with Gasteiger partial charge in [0, 0.05) is 32.5 Å². The van der Waals surface area contributed by atoms with Gasteiger partial charge in [0.15, 0.2) is 0 Å². The summed E-state index contributed by atoms with van der Waals surface area (Å²) >= 11 is 0. The van der Waals surface area contributed by atoms with Crippen molar-refractivity contribution < 1.29 is 23.9 Å². The first-order valence-electron chi connectivity index (χ1n) is 13.6. The van der Waals surface area contributed by atoms with E-state index in [2.05, 4.69) is 5.32 Å². The van der Waals surface area contributed by atoms with Gasteiger partial charge < -0.3 is 15.0 Å². The number of carbonyl (C=O) groups excluding carboxylic acids is 4. The number of nitrogens with one attached hydrogen (secondary N) is 1. The molecule has 0 fully saturated rings. The Bertz CT molecular complexity index is 1320. The van der Waals surface area contributed by atoms with E-state index in [0.717, 1.165) is 17.5 Å². The Kier molecular flexibility index (Phi) is 9.67. The maximum absolute atomic E-state index is 13.8. The van der Waals surface area contributed by atoms with Gasteiger partial charge >= 0.3 is 0 Å². The summed E-state index contributed by atoms with van der Waals surface area (Å²) in [6.07, 6.45) is 1.48. The minimum atomic E-state index is -0.744. The van der Waals surface area contributed by atoms with E-state index in [1.54, 1.807) is 36.3 Å². The number of imide groups is 1. The van der Waals surface area contributed by atoms with Crippen molar-refractivity contribution in [2.45, 2.75) is 45.2 Å². The highest BCUT2D eigenvalue weighted by Crippen LogP contribution is 2.24. The third-order valence-corrected chi connectivity index (χ3v) is 6.96. The van der Waals surface area contributed by atoms with E-state index in [9.17, 15) is 19.2 Å². The smallest absolute Gasteiger partial charge is 0.261 e. The fourth-order valence-corrected chi connectivity index (χ4v) is 4.86. The third-order valence-electron chi connectivity index (χ3n) is 6.96. The minimum Gasteiger partial charge on any atom is -0.497 e. The maximum atomic E-state index is 13.8. The first-order chi connectivity index (χ1) is 19.4. The fraction of sp³-hybridized carbons (Fsp3) is 0.312. The number of ether oxygens (including phenoxy) is 1. The molecule has 3 aromatic rings. The van der Waals surface area contributed by atoms with E-state index in [1.807, 2.05) is 61.5 Å². The van der Waals surface area contributed by atoms with Crippen LogP contribution in [-0.4, -0.2) is 59.7 Å². The second-order valence-corrected chi connectivity index (χ2v) is 9.78. The van der Waals surface area contributed by atoms with Gasteiger partial charge in [-0.15, -0.1) is 0 Å². The summed E-state index contributed by atoms with van der Waals surface area (Å²) in [6, 6.07) is 23.0. The second-order valence-electron chi connectivity index (χ2n) is 9.78. The zero-order valence-corrected chi connectivity index (χ0v) is 23.0. The van der Waals surface area contributed by atoms with Crippen molar-refractivity contribution in [3.63, 3.8) is 0 Å². The van der Waals surface area contributed by atoms with Crippen LogP contribution in [0.5, 0.6) is 5.75 Å². The van der Waals surface area contributed by atoms with E-state index < -0.39 is 6.04 Å². The zero-order valence-electron chi connectivity index (χ0n) is 23.0. The highest BCUT2D eigenvalue weighted by molar-refractivity contribution is 6.21. The summed E-state index contributed by atoms with van der Waals surface area (Å²) in [5, 5.41) is 2.96. The Morgan fingerprint density at radius 2 is 1.55 bits per heavy atom. The summed E-state index contributed by atoms with van der Waals surface area (Å²) in [5.74, 6) is -0.482. The molecule has 1 unspecified atom stereocenters. The molecule has 1 heterocycles. The van der Waals surface area contributed by atoms with Crippen molar-refractivity contribution in [2.24, 2.45) is 0 Å². The minimum absolute atomic E-state index is 0.0731. The normalized spacial score (nSPS) is 13.1. The Morgan fingerprint density at radius 3 is 2.20 bits per heavy atom. The summed E-state index contributed by atoms with van der Waals surface area (Å²) in [7, 11) is 1.58. The Morgan fingerprint density at radius 1 is 0.900 bits per heavy atom. The van der Waals surface area contributed by atoms with Crippen LogP contribution in [0.4, 0.5) is 0 Å². The van der Waals surface area contributed by atoms with E-state index >= 15 is 0 Å². The van der Waals surface area contributed by atoms with Crippen molar-refractivity contribution in [1.82, 2.24) is 15.1 Å². The molecule has 4 amide bonds. The molecule has 0 aromatic heterocycles. The van der Waals surface area contributed by atoms with Crippen LogP contribution >= 0.6 is 0 Å². The maximum Gasteiger partial charge on any atom is 0.261 e. The molecule has 0 saturated carbocycles. The molecule has 1 N–H and O–H groups in total. The van der Waals surface area contributed by atoms with Crippen LogP contribution in [0, 0.1) is 0 Å². The summed E-state index contributed by atoms with van der Waals surface area (Å²) in [6.45, 7) is 2.81. The van der Waals surface area contributed by atoms with Crippen molar-refractivity contribution in [2.75, 3.05) is 20.2 Å². The number of amides is 4. The van der Waals surface area contributed by atoms with Crippen LogP contribution in [0.3, 0.4) is 0 Å². The topological polar surface area (TPSA) is 96.0 Å². The number of fused-ring (bicyclic) bond motifs is 1. The predicted molar refractivity (Wildman–Crippen MR) is 152 cm³/mol. The number of benzene rings is 3. The quantitative estimate of drug-likeness (QED) is 0.327. The fourth-order valence-electron chi connectivity index (χ4n) is 4.86. The average molecular weight is 542 g/mol. The summed E-state index contributed by atoms with van der Waals surface area (Å²) in [5.41, 5.74) is 2.53. The van der Waals surface area contributed by atoms with Gasteiger partial charge in [-0.3, -0.25) is 24.1 Å². The molecular formula is C32H35N3O5. The predicted octanol–water partition coefficient (Wildman–Crippen LogP) is 4.24. The lowest BCUT2D eigenvalue weighted by molar-refractivity contribution is -0.141. The number of hydrogen-bond donors (Lipinski definition) is 1. The zero-order chi connectivity index (χ0) is 28.5. The first-order valence-corrected chi connectivity index (χ1v) is 13.6. The first kappa shape index (κ1) is 28.5. The van der Waals surface area contributed by atoms with Crippen molar-refractivity contribution in [3.05, 3.63) is 101 Å². The Hall–Kier alpha value is -4.46. The van der Waals surface area contributed by atoms with Crippen LogP contribution in [0.1, 0.15) is 58.0 Å². The van der Waals surface area contributed by atoms with Crippen molar-refractivity contribution in [3.8, 4) is 5.75 Å². The van der Waals surface area contributed by atoms with Crippen LogP contribution < -0.4 is 10.1 Å². The Labute approximate surface area is 234 Å². The highest BCUT2D eigenvalue weighted by atomic mass is 16.5. The molecule has 4 rings (SSSR count). The van der Waals surface area contributed by atoms with Crippen LogP contribution in [0.15, 0.2) is 78.9 Å². The van der Waals surface area contributed by atoms with E-state index in [1.165, 1.54) is 4.90 Å². The summed E-state index contributed by atoms with van der Waals surface area (Å²) < 4.78 is 5.37. The molecule has 1 aliphatic heterocycles. The van der Waals surface area contributed by atoms with E-state index in [-0.39, 0.29) is 49.6 Å². The van der Waals surface area contributed by atoms with Crippen LogP contribution in [0.2, 0.25) is 0 Å². The molecule has 0 saturated heterocycles. The molecule has 40 heavy (non-hydrogen) atoms. The van der Waals surface area contributed by atoms with Gasteiger partial charge in [0.05, 0.1) is 18.2 Å². The summed E-state index contributed by atoms with van der Waals surface area (Å²) in [4.78, 5) is 55.6. The van der Waals surface area contributed by atoms with Gasteiger partial charge in [0.2, 0.25) is 11.8 Å². The van der Waals surface area contributed by atoms with Crippen molar-refractivity contribution in [1.29, 1.82) is 0 Å². The van der Waals surface area contributed by atoms with Gasteiger partial charge in [-0.25, -0.2) is 0 Å². The number of carbonyl (C=O) groups is 4. The van der Waals surface area contributed by atoms with Crippen LogP contribution in [-0.2, 0) is 22.6 Å². The lowest BCUT2D eigenvalue weighted by atomic mass is 10.0. The SMILES string of the molecule is CCCNC(=O)C(Cc1ccccc1)N(Cc1cccc(OC)c1)C(=O)CCCN1C(=O)c2ccccc2C1=O. The molecule has 0 radical (unpaired) electrons. The number of hydrogen-bond acceptors (Lipinski definition) is 5. The highest BCUT2D eigenvalue weighted by Gasteiger charge is 2.35. The largest absolute Gasteiger partial charge is 0.497 e. The lowest BCUT2D eigenvalue weighted by Crippen LogP contribution is -2.50. The molecule has 0 aliphatic carbocycles.